The Morgan fingerprint density at radius 3 is 2.27 bits per heavy atom. The molecule has 3 heteroatoms. The van der Waals surface area contributed by atoms with Crippen molar-refractivity contribution in [1.82, 2.24) is 0 Å². The lowest BCUT2D eigenvalue weighted by molar-refractivity contribution is -0.0989. The largest absolute Gasteiger partial charge is 0.393 e. The Labute approximate surface area is 67.0 Å². The van der Waals surface area contributed by atoms with Crippen molar-refractivity contribution in [3.05, 3.63) is 0 Å². The van der Waals surface area contributed by atoms with E-state index in [0.717, 1.165) is 0 Å². The molecule has 0 amide bonds. The minimum Gasteiger partial charge on any atom is -0.393 e. The fourth-order valence-corrected chi connectivity index (χ4v) is 0.662. The molecule has 64 valence electrons. The maximum atomic E-state index is 8.85. The Hall–Kier alpha value is -0.560. The van der Waals surface area contributed by atoms with E-state index in [4.69, 9.17) is 21.4 Å². The topological polar surface area (TPSA) is 49.7 Å². The van der Waals surface area contributed by atoms with Gasteiger partial charge in [-0.3, -0.25) is 0 Å². The normalized spacial score (nSPS) is 11.1. The van der Waals surface area contributed by atoms with E-state index >= 15 is 0 Å². The molecule has 0 fully saturated rings. The number of aliphatic hydroxyl groups excluding tert-OH is 2. The molecule has 0 aliphatic rings. The Morgan fingerprint density at radius 2 is 2.00 bits per heavy atom. The third-order valence-corrected chi connectivity index (χ3v) is 1.68. The van der Waals surface area contributed by atoms with Crippen molar-refractivity contribution in [2.24, 2.45) is 0 Å². The van der Waals surface area contributed by atoms with E-state index in [1.165, 1.54) is 0 Å². The van der Waals surface area contributed by atoms with Crippen molar-refractivity contribution in [2.75, 3.05) is 19.8 Å². The summed E-state index contributed by atoms with van der Waals surface area (Å²) in [5, 5.41) is 17.7. The SMILES string of the molecule is C#CCOC(CC)(CO)CO. The average Bonchev–Trinajstić information content (AvgIpc) is 2.08. The van der Waals surface area contributed by atoms with E-state index in [1.54, 1.807) is 0 Å². The van der Waals surface area contributed by atoms with Gasteiger partial charge in [-0.25, -0.2) is 0 Å². The summed E-state index contributed by atoms with van der Waals surface area (Å²) in [5.74, 6) is 2.28. The molecule has 0 saturated heterocycles. The maximum Gasteiger partial charge on any atom is 0.115 e. The summed E-state index contributed by atoms with van der Waals surface area (Å²) in [6.45, 7) is 1.53. The quantitative estimate of drug-likeness (QED) is 0.543. The maximum absolute atomic E-state index is 8.85. The van der Waals surface area contributed by atoms with Gasteiger partial charge in [-0.05, 0) is 6.42 Å². The zero-order valence-corrected chi connectivity index (χ0v) is 6.71. The molecule has 0 saturated carbocycles. The highest BCUT2D eigenvalue weighted by atomic mass is 16.5. The van der Waals surface area contributed by atoms with E-state index < -0.39 is 5.60 Å². The Morgan fingerprint density at radius 1 is 1.45 bits per heavy atom. The molecule has 0 heterocycles. The molecule has 0 aliphatic heterocycles. The summed E-state index contributed by atoms with van der Waals surface area (Å²) in [6.07, 6.45) is 5.50. The van der Waals surface area contributed by atoms with Crippen LogP contribution in [-0.4, -0.2) is 35.6 Å². The minimum absolute atomic E-state index is 0.120. The molecule has 0 aromatic carbocycles. The molecule has 0 aromatic rings. The first-order valence-electron chi connectivity index (χ1n) is 3.54. The van der Waals surface area contributed by atoms with Gasteiger partial charge in [0.15, 0.2) is 0 Å². The number of terminal acetylenes is 1. The second-order valence-corrected chi connectivity index (χ2v) is 2.35. The molecule has 2 N–H and O–H groups in total. The molecule has 0 radical (unpaired) electrons. The van der Waals surface area contributed by atoms with Gasteiger partial charge in [-0.2, -0.15) is 0 Å². The third-order valence-electron chi connectivity index (χ3n) is 1.68. The van der Waals surface area contributed by atoms with Crippen LogP contribution in [0, 0.1) is 12.3 Å². The zero-order valence-electron chi connectivity index (χ0n) is 6.71. The van der Waals surface area contributed by atoms with Gasteiger partial charge >= 0.3 is 0 Å². The summed E-state index contributed by atoms with van der Waals surface area (Å²) < 4.78 is 5.09. The van der Waals surface area contributed by atoms with Gasteiger partial charge in [-0.15, -0.1) is 6.42 Å². The second-order valence-electron chi connectivity index (χ2n) is 2.35. The first kappa shape index (κ1) is 10.4. The van der Waals surface area contributed by atoms with Gasteiger partial charge in [0.05, 0.1) is 13.2 Å². The van der Waals surface area contributed by atoms with Crippen molar-refractivity contribution >= 4 is 0 Å². The zero-order chi connectivity index (χ0) is 8.74. The van der Waals surface area contributed by atoms with Gasteiger partial charge in [0.1, 0.15) is 12.2 Å². The van der Waals surface area contributed by atoms with Crippen molar-refractivity contribution < 1.29 is 14.9 Å². The molecule has 3 nitrogen and oxygen atoms in total. The van der Waals surface area contributed by atoms with Crippen LogP contribution >= 0.6 is 0 Å². The molecular formula is C8H14O3. The molecule has 11 heavy (non-hydrogen) atoms. The van der Waals surface area contributed by atoms with Gasteiger partial charge in [-0.1, -0.05) is 12.8 Å². The van der Waals surface area contributed by atoms with Crippen molar-refractivity contribution in [3.8, 4) is 12.3 Å². The van der Waals surface area contributed by atoms with E-state index in [2.05, 4.69) is 5.92 Å². The summed E-state index contributed by atoms with van der Waals surface area (Å²) in [5.41, 5.74) is -0.855. The fourth-order valence-electron chi connectivity index (χ4n) is 0.662. The highest BCUT2D eigenvalue weighted by Gasteiger charge is 2.26. The highest BCUT2D eigenvalue weighted by molar-refractivity contribution is 4.87. The Balaban J connectivity index is 3.96. The van der Waals surface area contributed by atoms with Crippen LogP contribution in [0.1, 0.15) is 13.3 Å². The predicted octanol–water partition coefficient (Wildman–Crippen LogP) is -0.230. The van der Waals surface area contributed by atoms with E-state index in [9.17, 15) is 0 Å². The first-order valence-corrected chi connectivity index (χ1v) is 3.54. The monoisotopic (exact) mass is 158 g/mol. The van der Waals surface area contributed by atoms with Gasteiger partial charge in [0, 0.05) is 0 Å². The molecule has 0 aliphatic carbocycles. The number of rotatable bonds is 5. The molecule has 0 spiro atoms. The number of ether oxygens (including phenoxy) is 1. The molecule has 0 bridgehead atoms. The lowest BCUT2D eigenvalue weighted by atomic mass is 10.0. The van der Waals surface area contributed by atoms with Crippen LogP contribution in [0.25, 0.3) is 0 Å². The van der Waals surface area contributed by atoms with Crippen LogP contribution < -0.4 is 0 Å². The molecule has 0 rings (SSSR count). The van der Waals surface area contributed by atoms with E-state index in [-0.39, 0.29) is 19.8 Å². The standard InChI is InChI=1S/C8H14O3/c1-3-5-11-8(4-2,6-9)7-10/h1,9-10H,4-7H2,2H3. The number of aliphatic hydroxyl groups is 2. The number of hydrogen-bond donors (Lipinski definition) is 2. The first-order chi connectivity index (χ1) is 5.24. The van der Waals surface area contributed by atoms with Crippen LogP contribution in [-0.2, 0) is 4.74 Å². The van der Waals surface area contributed by atoms with Crippen LogP contribution in [0.2, 0.25) is 0 Å². The van der Waals surface area contributed by atoms with Gasteiger partial charge in [0.25, 0.3) is 0 Å². The molecule has 0 aromatic heterocycles. The predicted molar refractivity (Wildman–Crippen MR) is 42.0 cm³/mol. The summed E-state index contributed by atoms with van der Waals surface area (Å²) in [4.78, 5) is 0. The molecular weight excluding hydrogens is 144 g/mol. The van der Waals surface area contributed by atoms with Crippen LogP contribution in [0.5, 0.6) is 0 Å². The lowest BCUT2D eigenvalue weighted by Gasteiger charge is -2.27. The summed E-state index contributed by atoms with van der Waals surface area (Å²) in [6, 6.07) is 0. The highest BCUT2D eigenvalue weighted by Crippen LogP contribution is 2.13. The van der Waals surface area contributed by atoms with E-state index in [1.807, 2.05) is 6.92 Å². The summed E-state index contributed by atoms with van der Waals surface area (Å²) in [7, 11) is 0. The second kappa shape index (κ2) is 5.14. The van der Waals surface area contributed by atoms with Crippen LogP contribution in [0.3, 0.4) is 0 Å². The van der Waals surface area contributed by atoms with Crippen molar-refractivity contribution in [3.63, 3.8) is 0 Å². The van der Waals surface area contributed by atoms with E-state index in [0.29, 0.717) is 6.42 Å². The smallest absolute Gasteiger partial charge is 0.115 e. The molecule has 0 unspecified atom stereocenters. The third kappa shape index (κ3) is 2.89. The Bertz CT molecular complexity index is 124. The number of hydrogen-bond acceptors (Lipinski definition) is 3. The fraction of sp³-hybridized carbons (Fsp3) is 0.750. The lowest BCUT2D eigenvalue weighted by Crippen LogP contribution is -2.40. The Kier molecular flexibility index (Phi) is 4.88. The van der Waals surface area contributed by atoms with Crippen LogP contribution in [0.4, 0.5) is 0 Å². The van der Waals surface area contributed by atoms with Crippen molar-refractivity contribution in [1.29, 1.82) is 0 Å². The molecule has 0 atom stereocenters. The summed E-state index contributed by atoms with van der Waals surface area (Å²) >= 11 is 0. The average molecular weight is 158 g/mol. The van der Waals surface area contributed by atoms with Crippen LogP contribution in [0.15, 0.2) is 0 Å². The van der Waals surface area contributed by atoms with Gasteiger partial charge < -0.3 is 14.9 Å². The van der Waals surface area contributed by atoms with Gasteiger partial charge in [0.2, 0.25) is 0 Å². The minimum atomic E-state index is -0.855. The van der Waals surface area contributed by atoms with Crippen molar-refractivity contribution in [2.45, 2.75) is 18.9 Å².